The van der Waals surface area contributed by atoms with Crippen molar-refractivity contribution in [2.75, 3.05) is 5.73 Å². The summed E-state index contributed by atoms with van der Waals surface area (Å²) in [4.78, 5) is 3.84. The van der Waals surface area contributed by atoms with Crippen LogP contribution in [0, 0.1) is 6.92 Å². The fourth-order valence-electron chi connectivity index (χ4n) is 1.38. The number of anilines is 1. The van der Waals surface area contributed by atoms with Gasteiger partial charge in [0.1, 0.15) is 0 Å². The maximum atomic E-state index is 11.9. The Hall–Kier alpha value is -1.69. The van der Waals surface area contributed by atoms with Crippen LogP contribution in [0.4, 0.5) is 5.95 Å². The lowest BCUT2D eigenvalue weighted by Crippen LogP contribution is -1.99. The highest BCUT2D eigenvalue weighted by Crippen LogP contribution is 2.10. The number of rotatable bonds is 3. The fourth-order valence-corrected chi connectivity index (χ4v) is 2.34. The summed E-state index contributed by atoms with van der Waals surface area (Å²) in [6, 6.07) is 7.87. The van der Waals surface area contributed by atoms with E-state index in [9.17, 15) is 4.21 Å². The predicted molar refractivity (Wildman–Crippen MR) is 62.1 cm³/mol. The van der Waals surface area contributed by atoms with Crippen molar-refractivity contribution in [3.63, 3.8) is 0 Å². The number of aromatic nitrogens is 3. The van der Waals surface area contributed by atoms with Crippen molar-refractivity contribution in [1.82, 2.24) is 15.2 Å². The average molecular weight is 236 g/mol. The molecular weight excluding hydrogens is 224 g/mol. The van der Waals surface area contributed by atoms with Gasteiger partial charge in [0.2, 0.25) is 11.1 Å². The molecule has 0 fully saturated rings. The molecule has 3 N–H and O–H groups in total. The maximum absolute atomic E-state index is 11.9. The number of nitrogens with one attached hydrogen (secondary N) is 1. The van der Waals surface area contributed by atoms with Crippen molar-refractivity contribution >= 4 is 16.7 Å². The molecular formula is C10H12N4OS. The first-order chi connectivity index (χ1) is 7.65. The standard InChI is InChI=1S/C10H12N4OS/c1-7-3-2-4-8(5-7)6-16(15)10-12-9(11)13-14-10/h2-5H,6H2,1H3,(H3,11,12,13,14). The number of nitrogen functional groups attached to an aromatic ring is 1. The summed E-state index contributed by atoms with van der Waals surface area (Å²) in [5, 5.41) is 6.52. The van der Waals surface area contributed by atoms with Gasteiger partial charge in [-0.25, -0.2) is 0 Å². The third-order valence-electron chi connectivity index (χ3n) is 2.08. The van der Waals surface area contributed by atoms with Crippen molar-refractivity contribution in [3.8, 4) is 0 Å². The number of nitrogens with zero attached hydrogens (tertiary/aromatic N) is 2. The molecule has 1 aromatic heterocycles. The minimum atomic E-state index is -1.23. The molecule has 1 aromatic carbocycles. The monoisotopic (exact) mass is 236 g/mol. The first-order valence-electron chi connectivity index (χ1n) is 4.77. The molecule has 0 saturated heterocycles. The molecule has 1 unspecified atom stereocenters. The van der Waals surface area contributed by atoms with Gasteiger partial charge >= 0.3 is 0 Å². The number of hydrogen-bond donors (Lipinski definition) is 2. The number of hydrogen-bond acceptors (Lipinski definition) is 4. The second-order valence-electron chi connectivity index (χ2n) is 3.48. The molecule has 0 spiro atoms. The van der Waals surface area contributed by atoms with Crippen molar-refractivity contribution in [2.24, 2.45) is 0 Å². The number of benzene rings is 1. The Balaban J connectivity index is 2.13. The van der Waals surface area contributed by atoms with E-state index in [0.29, 0.717) is 10.9 Å². The Morgan fingerprint density at radius 1 is 1.50 bits per heavy atom. The van der Waals surface area contributed by atoms with Crippen LogP contribution < -0.4 is 5.73 Å². The van der Waals surface area contributed by atoms with Crippen molar-refractivity contribution in [2.45, 2.75) is 17.8 Å². The Morgan fingerprint density at radius 2 is 2.31 bits per heavy atom. The maximum Gasteiger partial charge on any atom is 0.240 e. The van der Waals surface area contributed by atoms with Crippen LogP contribution in [-0.4, -0.2) is 19.4 Å². The summed E-state index contributed by atoms with van der Waals surface area (Å²) in [6.45, 7) is 2.00. The van der Waals surface area contributed by atoms with Gasteiger partial charge in [-0.2, -0.15) is 4.98 Å². The van der Waals surface area contributed by atoms with Gasteiger partial charge in [-0.3, -0.25) is 9.31 Å². The highest BCUT2D eigenvalue weighted by atomic mass is 32.2. The van der Waals surface area contributed by atoms with E-state index in [0.717, 1.165) is 11.1 Å². The highest BCUT2D eigenvalue weighted by molar-refractivity contribution is 7.84. The molecule has 0 amide bonds. The Kier molecular flexibility index (Phi) is 3.00. The van der Waals surface area contributed by atoms with Crippen molar-refractivity contribution in [3.05, 3.63) is 35.4 Å². The lowest BCUT2D eigenvalue weighted by atomic mass is 10.2. The van der Waals surface area contributed by atoms with Crippen LogP contribution in [0.1, 0.15) is 11.1 Å². The Labute approximate surface area is 95.5 Å². The van der Waals surface area contributed by atoms with Gasteiger partial charge in [0.25, 0.3) is 0 Å². The first kappa shape index (κ1) is 10.8. The van der Waals surface area contributed by atoms with Crippen molar-refractivity contribution < 1.29 is 4.21 Å². The second kappa shape index (κ2) is 4.44. The average Bonchev–Trinajstić information content (AvgIpc) is 2.65. The molecule has 0 aliphatic rings. The minimum Gasteiger partial charge on any atom is -0.366 e. The summed E-state index contributed by atoms with van der Waals surface area (Å²) in [5.74, 6) is 0.531. The van der Waals surface area contributed by atoms with Gasteiger partial charge in [0, 0.05) is 0 Å². The zero-order valence-electron chi connectivity index (χ0n) is 8.80. The summed E-state index contributed by atoms with van der Waals surface area (Å²) in [5.41, 5.74) is 7.50. The molecule has 0 aliphatic carbocycles. The normalized spacial score (nSPS) is 12.6. The largest absolute Gasteiger partial charge is 0.366 e. The topological polar surface area (TPSA) is 84.7 Å². The lowest BCUT2D eigenvalue weighted by molar-refractivity contribution is 0.676. The van der Waals surface area contributed by atoms with Crippen LogP contribution in [0.2, 0.25) is 0 Å². The summed E-state index contributed by atoms with van der Waals surface area (Å²) < 4.78 is 11.9. The predicted octanol–water partition coefficient (Wildman–Crippen LogP) is 1.00. The first-order valence-corrected chi connectivity index (χ1v) is 6.09. The molecule has 0 bridgehead atoms. The van der Waals surface area contributed by atoms with E-state index in [-0.39, 0.29) is 5.95 Å². The van der Waals surface area contributed by atoms with E-state index in [4.69, 9.17) is 5.73 Å². The zero-order chi connectivity index (χ0) is 11.5. The van der Waals surface area contributed by atoms with Gasteiger partial charge in [-0.1, -0.05) is 29.8 Å². The van der Waals surface area contributed by atoms with Gasteiger partial charge in [-0.15, -0.1) is 5.10 Å². The summed E-state index contributed by atoms with van der Waals surface area (Å²) >= 11 is 0. The molecule has 6 heteroatoms. The van der Waals surface area contributed by atoms with Crippen LogP contribution in [0.5, 0.6) is 0 Å². The molecule has 1 atom stereocenters. The van der Waals surface area contributed by atoms with Gasteiger partial charge in [-0.05, 0) is 12.5 Å². The summed E-state index contributed by atoms with van der Waals surface area (Å²) in [6.07, 6.45) is 0. The van der Waals surface area contributed by atoms with Gasteiger partial charge in [0.15, 0.2) is 0 Å². The molecule has 0 radical (unpaired) electrons. The molecule has 5 nitrogen and oxygen atoms in total. The lowest BCUT2D eigenvalue weighted by Gasteiger charge is -2.00. The Morgan fingerprint density at radius 3 is 2.94 bits per heavy atom. The molecule has 2 aromatic rings. The van der Waals surface area contributed by atoms with Gasteiger partial charge < -0.3 is 5.73 Å². The SMILES string of the molecule is Cc1cccc(CS(=O)c2nc(N)n[nH]2)c1. The number of H-pyrrole nitrogens is 1. The fraction of sp³-hybridized carbons (Fsp3) is 0.200. The van der Waals surface area contributed by atoms with Crippen LogP contribution >= 0.6 is 0 Å². The van der Waals surface area contributed by atoms with E-state index in [1.54, 1.807) is 0 Å². The zero-order valence-corrected chi connectivity index (χ0v) is 9.62. The number of aryl methyl sites for hydroxylation is 1. The highest BCUT2D eigenvalue weighted by Gasteiger charge is 2.09. The minimum absolute atomic E-state index is 0.118. The van der Waals surface area contributed by atoms with Crippen LogP contribution in [0.3, 0.4) is 0 Å². The molecule has 84 valence electrons. The smallest absolute Gasteiger partial charge is 0.240 e. The van der Waals surface area contributed by atoms with Crippen molar-refractivity contribution in [1.29, 1.82) is 0 Å². The molecule has 1 heterocycles. The molecule has 2 rings (SSSR count). The van der Waals surface area contributed by atoms with Gasteiger partial charge in [0.05, 0.1) is 16.6 Å². The second-order valence-corrected chi connectivity index (χ2v) is 4.84. The van der Waals surface area contributed by atoms with Crippen LogP contribution in [0.25, 0.3) is 0 Å². The van der Waals surface area contributed by atoms with E-state index < -0.39 is 10.8 Å². The number of nitrogens with two attached hydrogens (primary N) is 1. The van der Waals surface area contributed by atoms with E-state index in [1.807, 2.05) is 31.2 Å². The molecule has 0 aliphatic heterocycles. The molecule has 16 heavy (non-hydrogen) atoms. The van der Waals surface area contributed by atoms with Crippen LogP contribution in [0.15, 0.2) is 29.4 Å². The molecule has 0 saturated carbocycles. The Bertz CT molecular complexity index is 523. The van der Waals surface area contributed by atoms with Crippen LogP contribution in [-0.2, 0) is 16.6 Å². The van der Waals surface area contributed by atoms with E-state index in [2.05, 4.69) is 15.2 Å². The number of aromatic amines is 1. The summed E-state index contributed by atoms with van der Waals surface area (Å²) in [7, 11) is -1.23. The third kappa shape index (κ3) is 2.46. The third-order valence-corrected chi connectivity index (χ3v) is 3.29. The van der Waals surface area contributed by atoms with E-state index in [1.165, 1.54) is 0 Å². The van der Waals surface area contributed by atoms with E-state index >= 15 is 0 Å². The quantitative estimate of drug-likeness (QED) is 0.832.